The molecule has 4 aromatic rings. The number of aliphatic hydroxyl groups is 1. The topological polar surface area (TPSA) is 605 Å². The molecule has 0 aliphatic carbocycles. The van der Waals surface area contributed by atoms with Gasteiger partial charge in [-0.15, -0.1) is 0 Å². The molecule has 0 bridgehead atoms. The van der Waals surface area contributed by atoms with Gasteiger partial charge in [0.2, 0.25) is 65.0 Å². The maximum atomic E-state index is 14.7. The van der Waals surface area contributed by atoms with Gasteiger partial charge in [-0.25, -0.2) is 0 Å². The normalized spacial score (nSPS) is 16.8. The molecule has 0 unspecified atom stereocenters. The summed E-state index contributed by atoms with van der Waals surface area (Å²) < 4.78 is 0. The van der Waals surface area contributed by atoms with Gasteiger partial charge in [0.15, 0.2) is 11.9 Å². The van der Waals surface area contributed by atoms with E-state index in [1.807, 2.05) is 0 Å². The monoisotopic (exact) mass is 1510 g/mol. The second kappa shape index (κ2) is 41.2. The van der Waals surface area contributed by atoms with E-state index in [1.165, 1.54) is 21.9 Å². The predicted molar refractivity (Wildman–Crippen MR) is 394 cm³/mol. The van der Waals surface area contributed by atoms with Gasteiger partial charge in [0.05, 0.1) is 34.6 Å². The van der Waals surface area contributed by atoms with E-state index in [1.54, 1.807) is 72.8 Å². The van der Waals surface area contributed by atoms with E-state index < -0.39 is 172 Å². The highest BCUT2D eigenvalue weighted by atomic mass is 16.6. The second-order valence-corrected chi connectivity index (χ2v) is 26.0. The summed E-state index contributed by atoms with van der Waals surface area (Å²) in [6.45, 7) is -1.20. The van der Waals surface area contributed by atoms with Crippen LogP contribution in [-0.2, 0) is 65.6 Å². The average Bonchev–Trinajstić information content (AvgIpc) is 1.66. The first kappa shape index (κ1) is 83.4. The van der Waals surface area contributed by atoms with Gasteiger partial charge in [0, 0.05) is 76.1 Å². The lowest BCUT2D eigenvalue weighted by Gasteiger charge is -2.33. The van der Waals surface area contributed by atoms with Crippen molar-refractivity contribution in [3.05, 3.63) is 152 Å². The SMILES string of the molecule is N=C(N)NCCC[C@H](NC(=O)[C@H](Cc1ccccc1)NC(=O)[C@@H]1CCCN1C(=O)[C@H](CO)NC(=O)[C@H](Cc1ccccc1)NC(=O)CNC(=O)[C@@H]1CCCN1C(=O)[C@@H]1CCCN1C(=O)[C@H](CCCNC(=N)N)NC(=O)c1ccccc1N)C(=O)N[C@@H](CCC(N)=O)C(=O)N/C=C/Nc1ccc([N+](=O)[O-])cc1[N+](=O)[O-]. The van der Waals surface area contributed by atoms with E-state index >= 15 is 0 Å². The van der Waals surface area contributed by atoms with Gasteiger partial charge in [-0.3, -0.25) is 88.6 Å². The predicted octanol–water partition coefficient (Wildman–Crippen LogP) is -2.33. The summed E-state index contributed by atoms with van der Waals surface area (Å²) in [6.07, 6.45) is 2.73. The van der Waals surface area contributed by atoms with Gasteiger partial charge in [0.25, 0.3) is 17.3 Å². The molecule has 584 valence electrons. The van der Waals surface area contributed by atoms with E-state index in [-0.39, 0.29) is 120 Å². The molecular weight excluding hydrogens is 1420 g/mol. The van der Waals surface area contributed by atoms with Crippen LogP contribution in [0, 0.1) is 31.0 Å². The number of nitro groups is 2. The van der Waals surface area contributed by atoms with Crippen LogP contribution in [0.2, 0.25) is 0 Å². The number of primary amides is 1. The number of carbonyl (C=O) groups excluding carboxylic acids is 12. The van der Waals surface area contributed by atoms with Gasteiger partial charge in [-0.1, -0.05) is 72.8 Å². The van der Waals surface area contributed by atoms with E-state index in [2.05, 4.69) is 58.5 Å². The first-order valence-electron chi connectivity index (χ1n) is 35.3. The Hall–Kier alpha value is -12.8. The Morgan fingerprint density at radius 1 is 0.541 bits per heavy atom. The van der Waals surface area contributed by atoms with Crippen molar-refractivity contribution < 1.29 is 72.5 Å². The van der Waals surface area contributed by atoms with Crippen molar-refractivity contribution in [2.45, 2.75) is 144 Å². The number of carbonyl (C=O) groups is 12. The van der Waals surface area contributed by atoms with Crippen molar-refractivity contribution in [1.82, 2.24) is 67.9 Å². The van der Waals surface area contributed by atoms with E-state index in [4.69, 9.17) is 33.8 Å². The number of rotatable bonds is 39. The quantitative estimate of drug-likeness (QED) is 0.00556. The number of hydrogen-bond donors (Lipinski definition) is 18. The van der Waals surface area contributed by atoms with Crippen molar-refractivity contribution >= 4 is 106 Å². The van der Waals surface area contributed by atoms with E-state index in [9.17, 15) is 82.9 Å². The zero-order chi connectivity index (χ0) is 79.3. The Morgan fingerprint density at radius 3 is 1.61 bits per heavy atom. The van der Waals surface area contributed by atoms with Crippen LogP contribution in [0.3, 0.4) is 0 Å². The van der Waals surface area contributed by atoms with Crippen molar-refractivity contribution in [2.24, 2.45) is 17.2 Å². The van der Waals surface area contributed by atoms with Crippen LogP contribution >= 0.6 is 0 Å². The van der Waals surface area contributed by atoms with Crippen molar-refractivity contribution in [2.75, 3.05) is 56.9 Å². The van der Waals surface area contributed by atoms with Gasteiger partial charge in [-0.2, -0.15) is 0 Å². The summed E-state index contributed by atoms with van der Waals surface area (Å²) in [5.74, 6) is -10.3. The number of aliphatic hydroxyl groups excluding tert-OH is 1. The summed E-state index contributed by atoms with van der Waals surface area (Å²) in [6, 6.07) is 13.7. The number of nitrogens with two attached hydrogens (primary N) is 4. The van der Waals surface area contributed by atoms with Gasteiger partial charge >= 0.3 is 0 Å². The Morgan fingerprint density at radius 2 is 1.05 bits per heavy atom. The number of likely N-dealkylation sites (tertiary alicyclic amines) is 3. The first-order valence-corrected chi connectivity index (χ1v) is 35.3. The fourth-order valence-corrected chi connectivity index (χ4v) is 12.7. The molecule has 4 aromatic carbocycles. The van der Waals surface area contributed by atoms with Crippen LogP contribution in [-0.4, -0.2) is 213 Å². The molecule has 109 heavy (non-hydrogen) atoms. The Kier molecular flexibility index (Phi) is 31.5. The number of nitro benzene ring substituents is 2. The smallest absolute Gasteiger partial charge is 0.299 e. The zero-order valence-corrected chi connectivity index (χ0v) is 59.5. The number of anilines is 2. The number of non-ortho nitro benzene ring substituents is 1. The third-order valence-electron chi connectivity index (χ3n) is 18.2. The number of amides is 12. The largest absolute Gasteiger partial charge is 0.398 e. The summed E-state index contributed by atoms with van der Waals surface area (Å²) in [5, 5.41) is 77.2. The maximum Gasteiger partial charge on any atom is 0.299 e. The molecule has 0 aromatic heterocycles. The number of guanidine groups is 2. The molecule has 3 fully saturated rings. The highest BCUT2D eigenvalue weighted by Gasteiger charge is 2.45. The van der Waals surface area contributed by atoms with Crippen molar-refractivity contribution in [3.63, 3.8) is 0 Å². The summed E-state index contributed by atoms with van der Waals surface area (Å²) in [5.41, 5.74) is 22.4. The van der Waals surface area contributed by atoms with Gasteiger partial charge in [0.1, 0.15) is 60.1 Å². The number of nitrogen functional groups attached to an aromatic ring is 1. The Bertz CT molecular complexity index is 4020. The lowest BCUT2D eigenvalue weighted by Crippen LogP contribution is -2.60. The molecule has 9 atom stereocenters. The highest BCUT2D eigenvalue weighted by molar-refractivity contribution is 6.03. The van der Waals surface area contributed by atoms with Crippen molar-refractivity contribution in [1.29, 1.82) is 10.8 Å². The van der Waals surface area contributed by atoms with Crippen LogP contribution in [0.1, 0.15) is 98.5 Å². The third-order valence-corrected chi connectivity index (χ3v) is 18.2. The minimum Gasteiger partial charge on any atom is -0.398 e. The molecule has 39 heteroatoms. The highest BCUT2D eigenvalue weighted by Crippen LogP contribution is 2.30. The van der Waals surface area contributed by atoms with E-state index in [0.29, 0.717) is 30.4 Å². The first-order chi connectivity index (χ1) is 52.1. The summed E-state index contributed by atoms with van der Waals surface area (Å²) in [4.78, 5) is 193. The third kappa shape index (κ3) is 24.9. The number of para-hydroxylation sites is 1. The Labute approximate surface area is 625 Å². The number of hydrogen-bond acceptors (Lipinski definition) is 21. The molecule has 0 radical (unpaired) electrons. The molecular formula is C70H92N22O17. The van der Waals surface area contributed by atoms with E-state index in [0.717, 1.165) is 35.5 Å². The molecule has 12 amide bonds. The molecule has 3 saturated heterocycles. The van der Waals surface area contributed by atoms with Gasteiger partial charge < -0.3 is 101 Å². The number of nitrogens with one attached hydrogen (secondary N) is 13. The molecule has 3 heterocycles. The van der Waals surface area contributed by atoms with Crippen LogP contribution < -0.4 is 81.4 Å². The van der Waals surface area contributed by atoms with Crippen LogP contribution in [0.15, 0.2) is 116 Å². The van der Waals surface area contributed by atoms with Crippen LogP contribution in [0.5, 0.6) is 0 Å². The van der Waals surface area contributed by atoms with Crippen LogP contribution in [0.4, 0.5) is 22.7 Å². The lowest BCUT2D eigenvalue weighted by atomic mass is 10.0. The molecule has 0 saturated carbocycles. The molecule has 39 nitrogen and oxygen atoms in total. The second-order valence-electron chi connectivity index (χ2n) is 26.0. The number of nitrogens with zero attached hydrogens (tertiary/aromatic N) is 5. The average molecular weight is 1510 g/mol. The maximum absolute atomic E-state index is 14.7. The fourth-order valence-electron chi connectivity index (χ4n) is 12.7. The molecule has 0 spiro atoms. The number of benzene rings is 4. The summed E-state index contributed by atoms with van der Waals surface area (Å²) >= 11 is 0. The Balaban J connectivity index is 1.00. The van der Waals surface area contributed by atoms with Crippen LogP contribution in [0.25, 0.3) is 0 Å². The summed E-state index contributed by atoms with van der Waals surface area (Å²) in [7, 11) is 0. The lowest BCUT2D eigenvalue weighted by molar-refractivity contribution is -0.393. The molecule has 3 aliphatic rings. The minimum absolute atomic E-state index is 0.0188. The fraction of sp³-hybridized carbons (Fsp3) is 0.429. The van der Waals surface area contributed by atoms with Gasteiger partial charge in [-0.05, 0) is 100.0 Å². The zero-order valence-electron chi connectivity index (χ0n) is 59.5. The molecule has 3 aliphatic heterocycles. The standard InChI is InChI=1S/C70H92N22O17/c71-45-19-8-7-18-44(45)59(96)85-49(21-10-30-80-70(75)76)66(103)90-35-13-24-55(90)68(105)89-34-11-22-53(89)64(101)81-39-58(95)82-50(36-41-14-3-1-4-15-41)62(99)87-52(40-93)67(104)88-33-12-23-54(88)65(102)86-51(37-42-16-5-2-6-17-42)63(100)83-47(20-9-29-79-69(73)74)61(98)84-48(27-28-57(72)94)60(97)78-32-31-77-46-26-25-43(91(106)107)38-56(46)92(108)109/h1-8,14-19,25-26,31-32,38,47-55,77,93H,9-13,20-24,27-30,33-37,39-40,71H2,(H2,72,94)(H,78,97)(H,81,101)(H,82,95)(H,83,100)(H,84,98)(H,85,96)(H,86,102)(H,87,99)(H4,73,74,79)(H4,75,76,80)/b32-31+/t47-,48-,49-,50-,51-,52-,53-,54-,55-/m0/s1. The molecule has 7 rings (SSSR count). The minimum atomic E-state index is -1.71. The van der Waals surface area contributed by atoms with Crippen molar-refractivity contribution in [3.8, 4) is 0 Å². The molecule has 22 N–H and O–H groups in total.